The van der Waals surface area contributed by atoms with Gasteiger partial charge in [-0.25, -0.2) is 11.4 Å². The molecule has 1 heterocycles. The molecule has 2 N–H and O–H groups in total. The smallest absolute Gasteiger partial charge is 0.408 e. The summed E-state index contributed by atoms with van der Waals surface area (Å²) < 4.78 is 5.20. The van der Waals surface area contributed by atoms with E-state index >= 15 is 0 Å². The van der Waals surface area contributed by atoms with Crippen molar-refractivity contribution in [2.24, 2.45) is 5.92 Å². The standard InChI is InChI=1S/C12H21N3O2/c1-12(2,3)17-11(16)15-10(8-13-4)9-5-6-14-7-9/h9-10,14H,5-8H2,1-3H3,(H,15,16). The minimum absolute atomic E-state index is 0.114. The van der Waals surface area contributed by atoms with E-state index in [1.807, 2.05) is 20.8 Å². The quantitative estimate of drug-likeness (QED) is 0.732. The second-order valence-electron chi connectivity index (χ2n) is 5.35. The fraction of sp³-hybridized carbons (Fsp3) is 0.833. The number of nitrogens with one attached hydrogen (secondary N) is 2. The lowest BCUT2D eigenvalue weighted by Crippen LogP contribution is -2.45. The van der Waals surface area contributed by atoms with Crippen molar-refractivity contribution in [2.45, 2.75) is 38.8 Å². The molecule has 1 aliphatic heterocycles. The fourth-order valence-corrected chi connectivity index (χ4v) is 1.89. The van der Waals surface area contributed by atoms with E-state index < -0.39 is 11.7 Å². The molecule has 2 atom stereocenters. The molecule has 1 saturated heterocycles. The average Bonchev–Trinajstić information content (AvgIpc) is 2.66. The largest absolute Gasteiger partial charge is 0.444 e. The first kappa shape index (κ1) is 13.8. The minimum atomic E-state index is -0.499. The second-order valence-corrected chi connectivity index (χ2v) is 5.35. The average molecular weight is 239 g/mol. The van der Waals surface area contributed by atoms with E-state index in [0.29, 0.717) is 12.5 Å². The summed E-state index contributed by atoms with van der Waals surface area (Å²) in [7, 11) is 0. The Morgan fingerprint density at radius 1 is 1.65 bits per heavy atom. The van der Waals surface area contributed by atoms with Crippen LogP contribution in [0.1, 0.15) is 27.2 Å². The Bertz CT molecular complexity index is 298. The van der Waals surface area contributed by atoms with Crippen LogP contribution in [0.25, 0.3) is 4.85 Å². The number of alkyl carbamates (subject to hydrolysis) is 1. The maximum absolute atomic E-state index is 11.6. The second kappa shape index (κ2) is 5.87. The van der Waals surface area contributed by atoms with Gasteiger partial charge >= 0.3 is 6.09 Å². The normalized spacial score (nSPS) is 21.6. The number of amides is 1. The van der Waals surface area contributed by atoms with Gasteiger partial charge in [0.2, 0.25) is 6.54 Å². The summed E-state index contributed by atoms with van der Waals surface area (Å²) >= 11 is 0. The Labute approximate surface area is 103 Å². The van der Waals surface area contributed by atoms with Crippen LogP contribution < -0.4 is 10.6 Å². The van der Waals surface area contributed by atoms with Gasteiger partial charge in [-0.2, -0.15) is 0 Å². The van der Waals surface area contributed by atoms with Crippen molar-refractivity contribution in [3.8, 4) is 0 Å². The topological polar surface area (TPSA) is 54.7 Å². The highest BCUT2D eigenvalue weighted by molar-refractivity contribution is 5.68. The van der Waals surface area contributed by atoms with Crippen molar-refractivity contribution < 1.29 is 9.53 Å². The molecule has 0 aromatic carbocycles. The lowest BCUT2D eigenvalue weighted by molar-refractivity contribution is 0.0493. The number of hydrogen-bond acceptors (Lipinski definition) is 3. The molecule has 1 fully saturated rings. The molecule has 0 aromatic heterocycles. The van der Waals surface area contributed by atoms with E-state index in [0.717, 1.165) is 19.5 Å². The molecule has 96 valence electrons. The molecule has 2 unspecified atom stereocenters. The van der Waals surface area contributed by atoms with Gasteiger partial charge in [0.05, 0.1) is 0 Å². The van der Waals surface area contributed by atoms with Gasteiger partial charge in [-0.05, 0) is 33.7 Å². The predicted octanol–water partition coefficient (Wildman–Crippen LogP) is 1.41. The van der Waals surface area contributed by atoms with Crippen molar-refractivity contribution in [3.63, 3.8) is 0 Å². The molecular weight excluding hydrogens is 218 g/mol. The third-order valence-electron chi connectivity index (χ3n) is 2.66. The minimum Gasteiger partial charge on any atom is -0.444 e. The van der Waals surface area contributed by atoms with Crippen LogP contribution in [-0.2, 0) is 4.74 Å². The lowest BCUT2D eigenvalue weighted by Gasteiger charge is -2.24. The molecule has 1 rings (SSSR count). The van der Waals surface area contributed by atoms with Gasteiger partial charge in [0, 0.05) is 12.5 Å². The molecular formula is C12H21N3O2. The van der Waals surface area contributed by atoms with Crippen LogP contribution in [0.15, 0.2) is 0 Å². The molecule has 1 aliphatic rings. The zero-order valence-electron chi connectivity index (χ0n) is 10.7. The molecule has 0 aromatic rings. The van der Waals surface area contributed by atoms with Crippen molar-refractivity contribution in [2.75, 3.05) is 19.6 Å². The molecule has 0 aliphatic carbocycles. The van der Waals surface area contributed by atoms with Crippen LogP contribution in [0.4, 0.5) is 4.79 Å². The van der Waals surface area contributed by atoms with Gasteiger partial charge in [0.15, 0.2) is 0 Å². The fourth-order valence-electron chi connectivity index (χ4n) is 1.89. The molecule has 17 heavy (non-hydrogen) atoms. The van der Waals surface area contributed by atoms with E-state index in [4.69, 9.17) is 11.3 Å². The van der Waals surface area contributed by atoms with Crippen molar-refractivity contribution >= 4 is 6.09 Å². The van der Waals surface area contributed by atoms with Crippen LogP contribution in [0.2, 0.25) is 0 Å². The van der Waals surface area contributed by atoms with Crippen molar-refractivity contribution in [3.05, 3.63) is 11.4 Å². The van der Waals surface area contributed by atoms with E-state index in [9.17, 15) is 4.79 Å². The Kier molecular flexibility index (Phi) is 4.76. The monoisotopic (exact) mass is 239 g/mol. The highest BCUT2D eigenvalue weighted by Crippen LogP contribution is 2.14. The number of nitrogens with zero attached hydrogens (tertiary/aromatic N) is 1. The predicted molar refractivity (Wildman–Crippen MR) is 65.6 cm³/mol. The molecule has 0 saturated carbocycles. The van der Waals surface area contributed by atoms with Gasteiger partial charge in [-0.1, -0.05) is 0 Å². The first-order chi connectivity index (χ1) is 7.92. The Morgan fingerprint density at radius 2 is 2.35 bits per heavy atom. The molecule has 5 nitrogen and oxygen atoms in total. The van der Waals surface area contributed by atoms with Crippen LogP contribution in [0.3, 0.4) is 0 Å². The summed E-state index contributed by atoms with van der Waals surface area (Å²) in [5, 5.41) is 6.04. The highest BCUT2D eigenvalue weighted by Gasteiger charge is 2.29. The number of carbonyl (C=O) groups excluding carboxylic acids is 1. The molecule has 0 radical (unpaired) electrons. The van der Waals surface area contributed by atoms with Crippen LogP contribution in [-0.4, -0.2) is 37.4 Å². The molecule has 1 amide bonds. The van der Waals surface area contributed by atoms with Gasteiger partial charge < -0.3 is 20.2 Å². The first-order valence-electron chi connectivity index (χ1n) is 5.96. The summed E-state index contributed by atoms with van der Waals surface area (Å²) in [6, 6.07) is -0.114. The highest BCUT2D eigenvalue weighted by atomic mass is 16.6. The Morgan fingerprint density at radius 3 is 2.82 bits per heavy atom. The summed E-state index contributed by atoms with van der Waals surface area (Å²) in [5.41, 5.74) is -0.499. The van der Waals surface area contributed by atoms with Crippen molar-refractivity contribution in [1.29, 1.82) is 0 Å². The zero-order valence-corrected chi connectivity index (χ0v) is 10.7. The molecule has 0 bridgehead atoms. The van der Waals surface area contributed by atoms with Gasteiger partial charge in [0.1, 0.15) is 11.6 Å². The summed E-state index contributed by atoms with van der Waals surface area (Å²) in [5.74, 6) is 0.330. The Balaban J connectivity index is 2.49. The maximum Gasteiger partial charge on any atom is 0.408 e. The van der Waals surface area contributed by atoms with Gasteiger partial charge in [0.25, 0.3) is 0 Å². The number of hydrogen-bond donors (Lipinski definition) is 2. The molecule has 5 heteroatoms. The maximum atomic E-state index is 11.6. The van der Waals surface area contributed by atoms with Crippen LogP contribution in [0.5, 0.6) is 0 Å². The van der Waals surface area contributed by atoms with Crippen LogP contribution >= 0.6 is 0 Å². The number of rotatable bonds is 3. The third kappa shape index (κ3) is 5.05. The lowest BCUT2D eigenvalue weighted by atomic mass is 9.99. The summed E-state index contributed by atoms with van der Waals surface area (Å²) in [4.78, 5) is 15.0. The van der Waals surface area contributed by atoms with E-state index in [-0.39, 0.29) is 6.04 Å². The zero-order chi connectivity index (χ0) is 12.9. The van der Waals surface area contributed by atoms with Crippen molar-refractivity contribution in [1.82, 2.24) is 10.6 Å². The molecule has 0 spiro atoms. The van der Waals surface area contributed by atoms with Crippen LogP contribution in [0, 0.1) is 12.5 Å². The Hall–Kier alpha value is -1.28. The number of ether oxygens (including phenoxy) is 1. The van der Waals surface area contributed by atoms with E-state index in [1.54, 1.807) is 0 Å². The summed E-state index contributed by atoms with van der Waals surface area (Å²) in [6.45, 7) is 14.5. The first-order valence-corrected chi connectivity index (χ1v) is 5.96. The van der Waals surface area contributed by atoms with Gasteiger partial charge in [-0.3, -0.25) is 0 Å². The third-order valence-corrected chi connectivity index (χ3v) is 2.66. The summed E-state index contributed by atoms with van der Waals surface area (Å²) in [6.07, 6.45) is 0.564. The van der Waals surface area contributed by atoms with E-state index in [2.05, 4.69) is 15.5 Å². The van der Waals surface area contributed by atoms with Gasteiger partial charge in [-0.15, -0.1) is 0 Å². The SMILES string of the molecule is [C-]#[N+]CC(NC(=O)OC(C)(C)C)C1CCNC1. The van der Waals surface area contributed by atoms with E-state index in [1.165, 1.54) is 0 Å². The number of carbonyl (C=O) groups is 1.